The third kappa shape index (κ3) is 4.75. The molecule has 0 saturated heterocycles. The van der Waals surface area contributed by atoms with Crippen LogP contribution in [0.25, 0.3) is 22.2 Å². The van der Waals surface area contributed by atoms with Crippen LogP contribution in [0.4, 0.5) is 0 Å². The Hall–Kier alpha value is -3.37. The minimum Gasteiger partial charge on any atom is -0.497 e. The van der Waals surface area contributed by atoms with Gasteiger partial charge in [0, 0.05) is 54.0 Å². The zero-order valence-electron chi connectivity index (χ0n) is 29.6. The second kappa shape index (κ2) is 11.1. The molecule has 1 amide bonds. The Morgan fingerprint density at radius 2 is 1.76 bits per heavy atom. The van der Waals surface area contributed by atoms with Crippen molar-refractivity contribution in [1.82, 2.24) is 13.6 Å². The van der Waals surface area contributed by atoms with E-state index in [0.717, 1.165) is 76.3 Å². The summed E-state index contributed by atoms with van der Waals surface area (Å²) in [6, 6.07) is 11.8. The Balaban J connectivity index is 1.28. The molecule has 1 N–H and O–H groups in total. The molecule has 0 radical (unpaired) electrons. The van der Waals surface area contributed by atoms with Gasteiger partial charge in [0.15, 0.2) is 0 Å². The topological polar surface area (TPSA) is 107 Å². The normalized spacial score (nSPS) is 30.0. The fourth-order valence-electron chi connectivity index (χ4n) is 10.2. The van der Waals surface area contributed by atoms with Gasteiger partial charge in [-0.3, -0.25) is 9.59 Å². The molecule has 1 aromatic heterocycles. The van der Waals surface area contributed by atoms with Gasteiger partial charge in [0.25, 0.3) is 5.91 Å². The van der Waals surface area contributed by atoms with Gasteiger partial charge in [-0.1, -0.05) is 46.1 Å². The molecule has 4 aliphatic carbocycles. The van der Waals surface area contributed by atoms with Gasteiger partial charge in [0.2, 0.25) is 0 Å². The molecule has 4 fully saturated rings. The summed E-state index contributed by atoms with van der Waals surface area (Å²) in [7, 11) is 0.472. The Morgan fingerprint density at radius 3 is 2.41 bits per heavy atom. The summed E-state index contributed by atoms with van der Waals surface area (Å²) in [5, 5.41) is 1.06. The van der Waals surface area contributed by atoms with Crippen molar-refractivity contribution in [3.05, 3.63) is 53.1 Å². The maximum absolute atomic E-state index is 14.7. The lowest BCUT2D eigenvalue weighted by molar-refractivity contribution is -0.164. The number of rotatable bonds is 7. The predicted molar refractivity (Wildman–Crippen MR) is 189 cm³/mol. The molecule has 10 heteroatoms. The number of methoxy groups -OCH3 is 1. The number of fused-ring (bicyclic) bond motifs is 9. The molecule has 2 heterocycles. The summed E-state index contributed by atoms with van der Waals surface area (Å²) in [5.41, 5.74) is 5.01. The van der Waals surface area contributed by atoms with Crippen molar-refractivity contribution in [3.63, 3.8) is 0 Å². The third-order valence-corrected chi connectivity index (χ3v) is 15.3. The van der Waals surface area contributed by atoms with Crippen molar-refractivity contribution in [1.29, 1.82) is 0 Å². The van der Waals surface area contributed by atoms with E-state index in [-0.39, 0.29) is 34.4 Å². The van der Waals surface area contributed by atoms with Crippen molar-refractivity contribution in [2.24, 2.45) is 22.2 Å². The van der Waals surface area contributed by atoms with E-state index in [4.69, 9.17) is 9.47 Å². The van der Waals surface area contributed by atoms with Crippen LogP contribution < -0.4 is 9.46 Å². The van der Waals surface area contributed by atoms with Crippen LogP contribution in [-0.4, -0.2) is 56.5 Å². The van der Waals surface area contributed by atoms with E-state index in [9.17, 15) is 18.0 Å². The van der Waals surface area contributed by atoms with E-state index in [1.165, 1.54) is 32.5 Å². The monoisotopic (exact) mass is 687 g/mol. The number of hydrogen-bond acceptors (Lipinski definition) is 6. The van der Waals surface area contributed by atoms with Gasteiger partial charge in [-0.2, -0.15) is 12.7 Å². The first-order valence-corrected chi connectivity index (χ1v) is 19.5. The van der Waals surface area contributed by atoms with E-state index in [1.807, 2.05) is 18.2 Å². The van der Waals surface area contributed by atoms with Crippen LogP contribution in [0.5, 0.6) is 5.75 Å². The fraction of sp³-hybridized carbons (Fsp3) is 0.590. The molecule has 3 aromatic rings. The summed E-state index contributed by atoms with van der Waals surface area (Å²) >= 11 is 0. The Bertz CT molecular complexity index is 1990. The van der Waals surface area contributed by atoms with Crippen molar-refractivity contribution in [2.45, 2.75) is 103 Å². The summed E-state index contributed by atoms with van der Waals surface area (Å²) in [4.78, 5) is 28.1. The lowest BCUT2D eigenvalue weighted by Crippen LogP contribution is -2.40. The number of carbonyl (C=O) groups is 2. The zero-order valence-corrected chi connectivity index (χ0v) is 30.4. The molecular formula is C39H49N3O6S. The predicted octanol–water partition coefficient (Wildman–Crippen LogP) is 7.15. The molecule has 4 saturated carbocycles. The highest BCUT2D eigenvalue weighted by Crippen LogP contribution is 2.69. The lowest BCUT2D eigenvalue weighted by atomic mass is 9.70. The van der Waals surface area contributed by atoms with Crippen LogP contribution in [0.15, 0.2) is 36.4 Å². The van der Waals surface area contributed by atoms with Crippen LogP contribution in [0.2, 0.25) is 0 Å². The van der Waals surface area contributed by atoms with Crippen LogP contribution in [0, 0.1) is 22.2 Å². The van der Waals surface area contributed by atoms with Crippen LogP contribution >= 0.6 is 0 Å². The highest BCUT2D eigenvalue weighted by molar-refractivity contribution is 7.87. The van der Waals surface area contributed by atoms with Gasteiger partial charge in [-0.15, -0.1) is 0 Å². The molecule has 9 nitrogen and oxygen atoms in total. The number of amides is 1. The largest absolute Gasteiger partial charge is 0.497 e. The SMILES string of the molecule is COc1ccc2c(c1)C1CC1(C(=O)O[C@@H]1C[C@@H]3CC[C@@]1(C)C3(C)C)Cn1c-2c(C2CCCCC2)c2ccc(C(=O)NS(=O)(=O)N(C)C)cc21. The van der Waals surface area contributed by atoms with Crippen LogP contribution in [-0.2, 0) is 26.3 Å². The van der Waals surface area contributed by atoms with Gasteiger partial charge in [0.1, 0.15) is 11.9 Å². The van der Waals surface area contributed by atoms with Gasteiger partial charge in [0.05, 0.1) is 18.2 Å². The second-order valence-corrected chi connectivity index (χ2v) is 18.4. The molecule has 2 unspecified atom stereocenters. The van der Waals surface area contributed by atoms with E-state index in [1.54, 1.807) is 13.2 Å². The molecule has 5 atom stereocenters. The maximum atomic E-state index is 14.7. The van der Waals surface area contributed by atoms with E-state index in [2.05, 4.69) is 42.2 Å². The molecule has 49 heavy (non-hydrogen) atoms. The highest BCUT2D eigenvalue weighted by Gasteiger charge is 2.67. The van der Waals surface area contributed by atoms with Crippen molar-refractivity contribution < 1.29 is 27.5 Å². The van der Waals surface area contributed by atoms with E-state index < -0.39 is 21.5 Å². The number of esters is 1. The quantitative estimate of drug-likeness (QED) is 0.265. The third-order valence-electron chi connectivity index (χ3n) is 13.9. The molecular weight excluding hydrogens is 639 g/mol. The molecule has 1 aliphatic heterocycles. The van der Waals surface area contributed by atoms with Gasteiger partial charge >= 0.3 is 16.2 Å². The fourth-order valence-corrected chi connectivity index (χ4v) is 10.8. The Labute approximate surface area is 289 Å². The summed E-state index contributed by atoms with van der Waals surface area (Å²) in [5.74, 6) is 0.830. The summed E-state index contributed by atoms with van der Waals surface area (Å²) in [6.07, 6.45) is 9.44. The minimum absolute atomic E-state index is 0.0182. The first-order chi connectivity index (χ1) is 23.2. The molecule has 2 bridgehead atoms. The smallest absolute Gasteiger partial charge is 0.314 e. The Kier molecular flexibility index (Phi) is 7.41. The average Bonchev–Trinajstić information content (AvgIpc) is 3.63. The number of hydrogen-bond donors (Lipinski definition) is 1. The number of aromatic nitrogens is 1. The highest BCUT2D eigenvalue weighted by atomic mass is 32.2. The summed E-state index contributed by atoms with van der Waals surface area (Å²) < 4.78 is 43.0. The first kappa shape index (κ1) is 32.8. The Morgan fingerprint density at radius 1 is 1.00 bits per heavy atom. The van der Waals surface area contributed by atoms with E-state index >= 15 is 0 Å². The minimum atomic E-state index is -3.98. The van der Waals surface area contributed by atoms with Crippen LogP contribution in [0.1, 0.15) is 112 Å². The number of ether oxygens (including phenoxy) is 2. The second-order valence-electron chi connectivity index (χ2n) is 16.5. The van der Waals surface area contributed by atoms with Crippen LogP contribution in [0.3, 0.4) is 0 Å². The van der Waals surface area contributed by atoms with Crippen molar-refractivity contribution >= 4 is 33.0 Å². The molecule has 0 spiro atoms. The standard InChI is InChI=1S/C39H49N3O6S/c1-37(2)25-16-17-38(37,3)32(19-25)48-36(44)39-21-30(39)29-20-26(47-6)13-15-27(29)34-33(23-10-8-7-9-11-23)28-14-12-24(18-31(28)42(34)22-39)35(43)40-49(45,46)41(4)5/h12-15,18,20,23,25,30,32H,7-11,16-17,19,21-22H2,1-6H3,(H,40,43)/t25-,30?,32+,38+,39?/m0/s1. The van der Waals surface area contributed by atoms with Crippen molar-refractivity contribution in [2.75, 3.05) is 21.2 Å². The molecule has 262 valence electrons. The van der Waals surface area contributed by atoms with Gasteiger partial charge < -0.3 is 14.0 Å². The molecule has 5 aliphatic rings. The van der Waals surface area contributed by atoms with Gasteiger partial charge in [-0.05, 0) is 97.2 Å². The number of nitrogens with zero attached hydrogens (tertiary/aromatic N) is 2. The molecule has 8 rings (SSSR count). The van der Waals surface area contributed by atoms with E-state index in [0.29, 0.717) is 24.8 Å². The van der Waals surface area contributed by atoms with Gasteiger partial charge in [-0.25, -0.2) is 4.72 Å². The lowest BCUT2D eigenvalue weighted by Gasteiger charge is -2.39. The number of carbonyl (C=O) groups excluding carboxylic acids is 2. The van der Waals surface area contributed by atoms with Crippen molar-refractivity contribution in [3.8, 4) is 17.0 Å². The zero-order chi connectivity index (χ0) is 34.7. The molecule has 2 aromatic carbocycles. The number of nitrogens with one attached hydrogen (secondary N) is 1. The number of benzene rings is 2. The maximum Gasteiger partial charge on any atom is 0.314 e. The average molecular weight is 688 g/mol. The summed E-state index contributed by atoms with van der Waals surface area (Å²) in [6.45, 7) is 7.43. The first-order valence-electron chi connectivity index (χ1n) is 18.0.